The van der Waals surface area contributed by atoms with Gasteiger partial charge in [0.25, 0.3) is 0 Å². The maximum Gasteiger partial charge on any atom is 0.155 e. The van der Waals surface area contributed by atoms with Crippen molar-refractivity contribution >= 4 is 18.6 Å². The zero-order chi connectivity index (χ0) is 16.2. The predicted molar refractivity (Wildman–Crippen MR) is 90.8 cm³/mol. The van der Waals surface area contributed by atoms with Gasteiger partial charge in [0, 0.05) is 18.2 Å². The summed E-state index contributed by atoms with van der Waals surface area (Å²) < 4.78 is 13.4. The van der Waals surface area contributed by atoms with Crippen molar-refractivity contribution in [2.45, 2.75) is 26.3 Å². The van der Waals surface area contributed by atoms with E-state index < -0.39 is 0 Å². The third-order valence-electron chi connectivity index (χ3n) is 2.89. The molecule has 0 spiro atoms. The van der Waals surface area contributed by atoms with Crippen LogP contribution in [0.1, 0.15) is 37.4 Å². The van der Waals surface area contributed by atoms with Crippen molar-refractivity contribution in [2.75, 3.05) is 26.4 Å². The Kier molecular flexibility index (Phi) is 9.60. The second kappa shape index (κ2) is 11.3. The first-order valence-corrected chi connectivity index (χ1v) is 7.71. The summed E-state index contributed by atoms with van der Waals surface area (Å²) >= 11 is 4.05. The van der Waals surface area contributed by atoms with Gasteiger partial charge in [0.1, 0.15) is 13.2 Å². The first-order valence-electron chi connectivity index (χ1n) is 7.27. The first-order chi connectivity index (χ1) is 10.6. The maximum atomic E-state index is 10.6. The van der Waals surface area contributed by atoms with Gasteiger partial charge in [-0.05, 0) is 38.0 Å². The van der Waals surface area contributed by atoms with Crippen LogP contribution in [-0.4, -0.2) is 32.2 Å². The molecule has 1 N–H and O–H groups in total. The lowest BCUT2D eigenvalue weighted by Gasteiger charge is -2.08. The van der Waals surface area contributed by atoms with Crippen molar-refractivity contribution in [2.24, 2.45) is 0 Å². The monoisotopic (exact) mass is 321 g/mol. The van der Waals surface area contributed by atoms with Gasteiger partial charge in [-0.3, -0.25) is 9.52 Å². The van der Waals surface area contributed by atoms with E-state index >= 15 is 0 Å². The third-order valence-corrected chi connectivity index (χ3v) is 3.28. The van der Waals surface area contributed by atoms with E-state index in [1.807, 2.05) is 31.2 Å². The normalized spacial score (nSPS) is 11.6. The van der Waals surface area contributed by atoms with Crippen LogP contribution in [0, 0.1) is 11.8 Å². The predicted octanol–water partition coefficient (Wildman–Crippen LogP) is 2.55. The minimum atomic E-state index is 0.0392. The molecule has 1 aromatic carbocycles. The van der Waals surface area contributed by atoms with Gasteiger partial charge in [0.15, 0.2) is 5.78 Å². The molecule has 0 aliphatic rings. The van der Waals surface area contributed by atoms with Gasteiger partial charge in [0.05, 0.1) is 6.61 Å². The molecule has 0 aliphatic heterocycles. The Morgan fingerprint density at radius 3 is 2.59 bits per heavy atom. The number of hydrogen-bond donors (Lipinski definition) is 2. The maximum absolute atomic E-state index is 10.6. The lowest BCUT2D eigenvalue weighted by molar-refractivity contribution is -0.121. The molecular formula is C17H23NO3S. The Hall–Kier alpha value is -1.32. The Balaban J connectivity index is 2.18. The van der Waals surface area contributed by atoms with Gasteiger partial charge in [0.2, 0.25) is 0 Å². The quantitative estimate of drug-likeness (QED) is 0.417. The standard InChI is InChI=1S/C17H23NO3S/c1-14(19)13-21-12-4-11-20-10-3-5-16-6-8-17(9-7-16)15(2)18-22/h6-9,15,18,22H,4,10-13H2,1-2H3/t15-/m0/s1. The lowest BCUT2D eigenvalue weighted by atomic mass is 10.1. The van der Waals surface area contributed by atoms with Crippen LogP contribution in [-0.2, 0) is 14.3 Å². The molecule has 4 nitrogen and oxygen atoms in total. The van der Waals surface area contributed by atoms with Gasteiger partial charge >= 0.3 is 0 Å². The number of carbonyl (C=O) groups is 1. The molecule has 22 heavy (non-hydrogen) atoms. The van der Waals surface area contributed by atoms with Crippen molar-refractivity contribution in [1.29, 1.82) is 0 Å². The van der Waals surface area contributed by atoms with Gasteiger partial charge < -0.3 is 9.47 Å². The minimum Gasteiger partial charge on any atom is -0.374 e. The molecule has 1 atom stereocenters. The van der Waals surface area contributed by atoms with Crippen LogP contribution in [0.2, 0.25) is 0 Å². The van der Waals surface area contributed by atoms with Gasteiger partial charge in [-0.25, -0.2) is 0 Å². The topological polar surface area (TPSA) is 47.6 Å². The summed E-state index contributed by atoms with van der Waals surface area (Å²) in [6.07, 6.45) is 0.762. The van der Waals surface area contributed by atoms with Gasteiger partial charge in [-0.1, -0.05) is 36.8 Å². The average Bonchev–Trinajstić information content (AvgIpc) is 2.53. The summed E-state index contributed by atoms with van der Waals surface area (Å²) in [5.74, 6) is 6.07. The van der Waals surface area contributed by atoms with E-state index in [-0.39, 0.29) is 18.4 Å². The van der Waals surface area contributed by atoms with E-state index in [0.717, 1.165) is 12.0 Å². The third kappa shape index (κ3) is 8.20. The summed E-state index contributed by atoms with van der Waals surface area (Å²) in [7, 11) is 0. The highest BCUT2D eigenvalue weighted by molar-refractivity contribution is 7.78. The summed E-state index contributed by atoms with van der Waals surface area (Å²) in [5.41, 5.74) is 2.13. The number of ether oxygens (including phenoxy) is 2. The molecule has 1 rings (SSSR count). The molecule has 0 amide bonds. The number of carbonyl (C=O) groups excluding carboxylic acids is 1. The highest BCUT2D eigenvalue weighted by atomic mass is 32.1. The summed E-state index contributed by atoms with van der Waals surface area (Å²) in [6.45, 7) is 5.23. The Labute approximate surface area is 138 Å². The number of Topliss-reactive ketones (excluding diaryl/α,β-unsaturated/α-hetero) is 1. The molecule has 5 heteroatoms. The Morgan fingerprint density at radius 1 is 1.27 bits per heavy atom. The molecule has 0 fully saturated rings. The fourth-order valence-electron chi connectivity index (χ4n) is 1.67. The molecule has 0 bridgehead atoms. The molecule has 1 aromatic rings. The molecule has 0 aliphatic carbocycles. The van der Waals surface area contributed by atoms with E-state index in [9.17, 15) is 4.79 Å². The smallest absolute Gasteiger partial charge is 0.155 e. The number of nitrogens with one attached hydrogen (secondary N) is 1. The SMILES string of the molecule is CC(=O)COCCCOCC#Cc1ccc([C@H](C)NS)cc1. The van der Waals surface area contributed by atoms with Crippen LogP contribution in [0.15, 0.2) is 24.3 Å². The van der Waals surface area contributed by atoms with Crippen molar-refractivity contribution in [3.63, 3.8) is 0 Å². The van der Waals surface area contributed by atoms with Crippen molar-refractivity contribution in [3.05, 3.63) is 35.4 Å². The highest BCUT2D eigenvalue weighted by Crippen LogP contribution is 2.13. The number of ketones is 1. The van der Waals surface area contributed by atoms with Crippen molar-refractivity contribution in [3.8, 4) is 11.8 Å². The van der Waals surface area contributed by atoms with E-state index in [1.165, 1.54) is 12.5 Å². The fourth-order valence-corrected chi connectivity index (χ4v) is 1.82. The van der Waals surface area contributed by atoms with Crippen LogP contribution in [0.5, 0.6) is 0 Å². The molecule has 0 aromatic heterocycles. The highest BCUT2D eigenvalue weighted by Gasteiger charge is 2.01. The second-order valence-corrected chi connectivity index (χ2v) is 5.19. The molecule has 0 unspecified atom stereocenters. The number of thiol groups is 1. The summed E-state index contributed by atoms with van der Waals surface area (Å²) in [6, 6.07) is 8.24. The van der Waals surface area contributed by atoms with Crippen molar-refractivity contribution in [1.82, 2.24) is 4.72 Å². The van der Waals surface area contributed by atoms with E-state index in [4.69, 9.17) is 9.47 Å². The van der Waals surface area contributed by atoms with Crippen LogP contribution in [0.25, 0.3) is 0 Å². The first kappa shape index (κ1) is 18.7. The van der Waals surface area contributed by atoms with E-state index in [0.29, 0.717) is 19.8 Å². The lowest BCUT2D eigenvalue weighted by Crippen LogP contribution is -2.07. The number of rotatable bonds is 9. The molecule has 0 radical (unpaired) electrons. The largest absolute Gasteiger partial charge is 0.374 e. The van der Waals surface area contributed by atoms with Crippen LogP contribution >= 0.6 is 12.8 Å². The second-order valence-electron chi connectivity index (χ2n) is 4.94. The average molecular weight is 321 g/mol. The van der Waals surface area contributed by atoms with Gasteiger partial charge in [-0.2, -0.15) is 0 Å². The Morgan fingerprint density at radius 2 is 1.95 bits per heavy atom. The zero-order valence-corrected chi connectivity index (χ0v) is 14.0. The number of hydrogen-bond acceptors (Lipinski definition) is 5. The Bertz CT molecular complexity index is 505. The molecule has 0 heterocycles. The summed E-state index contributed by atoms with van der Waals surface area (Å²) in [4.78, 5) is 10.6. The molecule has 0 saturated heterocycles. The minimum absolute atomic E-state index is 0.0392. The number of benzene rings is 1. The molecule has 0 saturated carbocycles. The van der Waals surface area contributed by atoms with E-state index in [2.05, 4.69) is 29.4 Å². The van der Waals surface area contributed by atoms with Crippen LogP contribution in [0.3, 0.4) is 0 Å². The molecular weight excluding hydrogens is 298 g/mol. The van der Waals surface area contributed by atoms with Crippen LogP contribution < -0.4 is 4.72 Å². The van der Waals surface area contributed by atoms with Crippen LogP contribution in [0.4, 0.5) is 0 Å². The zero-order valence-electron chi connectivity index (χ0n) is 13.1. The van der Waals surface area contributed by atoms with Gasteiger partial charge in [-0.15, -0.1) is 0 Å². The summed E-state index contributed by atoms with van der Waals surface area (Å²) in [5, 5.41) is 0. The fraction of sp³-hybridized carbons (Fsp3) is 0.471. The van der Waals surface area contributed by atoms with Crippen molar-refractivity contribution < 1.29 is 14.3 Å². The molecule has 120 valence electrons. The van der Waals surface area contributed by atoms with E-state index in [1.54, 1.807) is 0 Å².